The second kappa shape index (κ2) is 6.73. The van der Waals surface area contributed by atoms with Crippen molar-refractivity contribution in [1.82, 2.24) is 10.2 Å². The molecule has 1 rings (SSSR count). The Hall–Kier alpha value is -1.10. The molecule has 2 atom stereocenters. The van der Waals surface area contributed by atoms with Crippen LogP contribution in [0.3, 0.4) is 0 Å². The molecule has 0 aromatic carbocycles. The summed E-state index contributed by atoms with van der Waals surface area (Å²) < 4.78 is 0. The molecule has 0 saturated carbocycles. The number of likely N-dealkylation sites (tertiary alicyclic amines) is 1. The number of carboxylic acid groups (broad SMARTS) is 1. The Morgan fingerprint density at radius 1 is 1.44 bits per heavy atom. The molecule has 0 aromatic heterocycles. The zero-order valence-corrected chi connectivity index (χ0v) is 11.5. The van der Waals surface area contributed by atoms with Crippen LogP contribution in [0.4, 0.5) is 0 Å². The van der Waals surface area contributed by atoms with Gasteiger partial charge in [-0.1, -0.05) is 13.8 Å². The zero-order chi connectivity index (χ0) is 13.7. The highest BCUT2D eigenvalue weighted by Crippen LogP contribution is 2.17. The van der Waals surface area contributed by atoms with Crippen LogP contribution in [0.25, 0.3) is 0 Å². The monoisotopic (exact) mass is 256 g/mol. The molecule has 2 N–H and O–H groups in total. The number of hydrogen-bond acceptors (Lipinski definition) is 3. The van der Waals surface area contributed by atoms with Gasteiger partial charge in [0.1, 0.15) is 6.04 Å². The predicted molar refractivity (Wildman–Crippen MR) is 69.3 cm³/mol. The van der Waals surface area contributed by atoms with Gasteiger partial charge in [-0.2, -0.15) is 0 Å². The second-order valence-corrected chi connectivity index (χ2v) is 5.57. The smallest absolute Gasteiger partial charge is 0.326 e. The van der Waals surface area contributed by atoms with Crippen LogP contribution in [0.5, 0.6) is 0 Å². The van der Waals surface area contributed by atoms with Crippen molar-refractivity contribution in [3.63, 3.8) is 0 Å². The van der Waals surface area contributed by atoms with E-state index in [0.29, 0.717) is 12.8 Å². The van der Waals surface area contributed by atoms with Crippen molar-refractivity contribution in [1.29, 1.82) is 0 Å². The van der Waals surface area contributed by atoms with Gasteiger partial charge in [0.15, 0.2) is 0 Å². The molecule has 1 saturated heterocycles. The molecule has 1 heterocycles. The molecule has 18 heavy (non-hydrogen) atoms. The van der Waals surface area contributed by atoms with E-state index in [1.165, 1.54) is 0 Å². The van der Waals surface area contributed by atoms with Gasteiger partial charge in [0, 0.05) is 12.5 Å². The first kappa shape index (κ1) is 15.0. The summed E-state index contributed by atoms with van der Waals surface area (Å²) in [5.41, 5.74) is 0. The Balaban J connectivity index is 2.43. The van der Waals surface area contributed by atoms with Crippen LogP contribution in [0.2, 0.25) is 0 Å². The third-order valence-electron chi connectivity index (χ3n) is 3.43. The standard InChI is InChI=1S/C13H24N2O3/c1-9(2)7-11(13(17)18)14-12(16)8-10-5-4-6-15(10)3/h9-11H,4-8H2,1-3H3,(H,14,16)(H,17,18)/t10?,11-/m1/s1. The van der Waals surface area contributed by atoms with E-state index in [9.17, 15) is 9.59 Å². The van der Waals surface area contributed by atoms with Gasteiger partial charge in [0.2, 0.25) is 5.91 Å². The minimum Gasteiger partial charge on any atom is -0.480 e. The summed E-state index contributed by atoms with van der Waals surface area (Å²) in [5.74, 6) is -0.848. The fraction of sp³-hybridized carbons (Fsp3) is 0.846. The highest BCUT2D eigenvalue weighted by atomic mass is 16.4. The number of carbonyl (C=O) groups excluding carboxylic acids is 1. The zero-order valence-electron chi connectivity index (χ0n) is 11.5. The van der Waals surface area contributed by atoms with Crippen molar-refractivity contribution in [2.75, 3.05) is 13.6 Å². The molecule has 5 heteroatoms. The number of carbonyl (C=O) groups is 2. The highest BCUT2D eigenvalue weighted by Gasteiger charge is 2.26. The quantitative estimate of drug-likeness (QED) is 0.746. The van der Waals surface area contributed by atoms with Crippen molar-refractivity contribution in [2.45, 2.75) is 51.6 Å². The first-order valence-corrected chi connectivity index (χ1v) is 6.62. The summed E-state index contributed by atoms with van der Waals surface area (Å²) in [6, 6.07) is -0.497. The average Bonchev–Trinajstić information content (AvgIpc) is 2.62. The van der Waals surface area contributed by atoms with E-state index in [-0.39, 0.29) is 17.9 Å². The SMILES string of the molecule is CC(C)C[C@@H](NC(=O)CC1CCCN1C)C(=O)O. The molecule has 1 aliphatic rings. The fourth-order valence-corrected chi connectivity index (χ4v) is 2.40. The Kier molecular flexibility index (Phi) is 5.59. The van der Waals surface area contributed by atoms with Crippen LogP contribution in [-0.4, -0.2) is 47.6 Å². The number of aliphatic carboxylic acids is 1. The topological polar surface area (TPSA) is 69.6 Å². The van der Waals surface area contributed by atoms with E-state index >= 15 is 0 Å². The lowest BCUT2D eigenvalue weighted by molar-refractivity contribution is -0.142. The van der Waals surface area contributed by atoms with Crippen molar-refractivity contribution in [2.24, 2.45) is 5.92 Å². The molecule has 1 amide bonds. The minimum atomic E-state index is -0.947. The van der Waals surface area contributed by atoms with Gasteiger partial charge in [0.25, 0.3) is 0 Å². The van der Waals surface area contributed by atoms with Crippen molar-refractivity contribution in [3.05, 3.63) is 0 Å². The number of nitrogens with zero attached hydrogens (tertiary/aromatic N) is 1. The molecule has 0 radical (unpaired) electrons. The second-order valence-electron chi connectivity index (χ2n) is 5.57. The summed E-state index contributed by atoms with van der Waals surface area (Å²) in [4.78, 5) is 25.1. The highest BCUT2D eigenvalue weighted by molar-refractivity contribution is 5.83. The Morgan fingerprint density at radius 3 is 2.56 bits per heavy atom. The third kappa shape index (κ3) is 4.64. The first-order valence-electron chi connectivity index (χ1n) is 6.62. The predicted octanol–water partition coefficient (Wildman–Crippen LogP) is 1.09. The largest absolute Gasteiger partial charge is 0.480 e. The molecular weight excluding hydrogens is 232 g/mol. The summed E-state index contributed by atoms with van der Waals surface area (Å²) in [7, 11) is 2.01. The Morgan fingerprint density at radius 2 is 2.11 bits per heavy atom. The molecular formula is C13H24N2O3. The van der Waals surface area contributed by atoms with E-state index in [1.54, 1.807) is 0 Å². The van der Waals surface area contributed by atoms with Crippen molar-refractivity contribution in [3.8, 4) is 0 Å². The Bertz CT molecular complexity index is 305. The lowest BCUT2D eigenvalue weighted by Crippen LogP contribution is -2.43. The maximum atomic E-state index is 11.8. The molecule has 5 nitrogen and oxygen atoms in total. The van der Waals surface area contributed by atoms with Crippen LogP contribution >= 0.6 is 0 Å². The number of hydrogen-bond donors (Lipinski definition) is 2. The lowest BCUT2D eigenvalue weighted by atomic mass is 10.0. The van der Waals surface area contributed by atoms with Gasteiger partial charge in [0.05, 0.1) is 0 Å². The molecule has 1 aliphatic heterocycles. The average molecular weight is 256 g/mol. The van der Waals surface area contributed by atoms with Gasteiger partial charge in [-0.25, -0.2) is 4.79 Å². The summed E-state index contributed by atoms with van der Waals surface area (Å²) >= 11 is 0. The van der Waals surface area contributed by atoms with Gasteiger partial charge in [-0.05, 0) is 38.8 Å². The van der Waals surface area contributed by atoms with Gasteiger partial charge in [-0.15, -0.1) is 0 Å². The number of amides is 1. The van der Waals surface area contributed by atoms with E-state index in [4.69, 9.17) is 5.11 Å². The van der Waals surface area contributed by atoms with Crippen LogP contribution in [0, 0.1) is 5.92 Å². The van der Waals surface area contributed by atoms with Crippen LogP contribution in [-0.2, 0) is 9.59 Å². The van der Waals surface area contributed by atoms with E-state index in [1.807, 2.05) is 20.9 Å². The van der Waals surface area contributed by atoms with Gasteiger partial charge >= 0.3 is 5.97 Å². The van der Waals surface area contributed by atoms with Gasteiger partial charge < -0.3 is 15.3 Å². The maximum absolute atomic E-state index is 11.8. The molecule has 0 aromatic rings. The van der Waals surface area contributed by atoms with E-state index < -0.39 is 12.0 Å². The van der Waals surface area contributed by atoms with Crippen LogP contribution in [0.1, 0.15) is 39.5 Å². The van der Waals surface area contributed by atoms with Crippen LogP contribution in [0.15, 0.2) is 0 Å². The van der Waals surface area contributed by atoms with Crippen LogP contribution < -0.4 is 5.32 Å². The minimum absolute atomic E-state index is 0.151. The summed E-state index contributed by atoms with van der Waals surface area (Å²) in [6.45, 7) is 4.92. The molecule has 1 fully saturated rings. The molecule has 0 aliphatic carbocycles. The molecule has 0 bridgehead atoms. The normalized spacial score (nSPS) is 22.1. The number of rotatable bonds is 6. The summed E-state index contributed by atoms with van der Waals surface area (Å²) in [5, 5.41) is 11.7. The number of carboxylic acids is 1. The molecule has 1 unspecified atom stereocenters. The molecule has 104 valence electrons. The Labute approximate surface area is 109 Å². The third-order valence-corrected chi connectivity index (χ3v) is 3.43. The first-order chi connectivity index (χ1) is 8.40. The molecule has 0 spiro atoms. The van der Waals surface area contributed by atoms with E-state index in [0.717, 1.165) is 19.4 Å². The van der Waals surface area contributed by atoms with E-state index in [2.05, 4.69) is 10.2 Å². The van der Waals surface area contributed by atoms with Crippen molar-refractivity contribution < 1.29 is 14.7 Å². The van der Waals surface area contributed by atoms with Crippen molar-refractivity contribution >= 4 is 11.9 Å². The summed E-state index contributed by atoms with van der Waals surface area (Å²) in [6.07, 6.45) is 3.01. The van der Waals surface area contributed by atoms with Gasteiger partial charge in [-0.3, -0.25) is 4.79 Å². The fourth-order valence-electron chi connectivity index (χ4n) is 2.40. The lowest BCUT2D eigenvalue weighted by Gasteiger charge is -2.21. The maximum Gasteiger partial charge on any atom is 0.326 e. The number of nitrogens with one attached hydrogen (secondary N) is 1.